The van der Waals surface area contributed by atoms with E-state index in [9.17, 15) is 9.59 Å². The fraction of sp³-hybridized carbons (Fsp3) is 0.375. The lowest BCUT2D eigenvalue weighted by Gasteiger charge is -2.10. The van der Waals surface area contributed by atoms with E-state index in [1.165, 1.54) is 28.0 Å². The van der Waals surface area contributed by atoms with Crippen molar-refractivity contribution in [3.8, 4) is 0 Å². The SMILES string of the molecule is CCCn1nc(C(=O)OCc2nc(N)c3c4c(sc3n2)CCCCC4)c2ccccc2c1=O. The van der Waals surface area contributed by atoms with Crippen LogP contribution in [-0.4, -0.2) is 25.7 Å². The number of esters is 1. The van der Waals surface area contributed by atoms with Crippen LogP contribution >= 0.6 is 11.3 Å². The molecule has 0 radical (unpaired) electrons. The summed E-state index contributed by atoms with van der Waals surface area (Å²) in [5.74, 6) is 0.168. The highest BCUT2D eigenvalue weighted by molar-refractivity contribution is 7.19. The van der Waals surface area contributed by atoms with Crippen LogP contribution in [0.5, 0.6) is 0 Å². The van der Waals surface area contributed by atoms with Crippen molar-refractivity contribution in [2.75, 3.05) is 5.73 Å². The summed E-state index contributed by atoms with van der Waals surface area (Å²) in [6.45, 7) is 2.25. The Kier molecular flexibility index (Phi) is 5.80. The Bertz CT molecular complexity index is 1430. The van der Waals surface area contributed by atoms with Crippen molar-refractivity contribution in [3.63, 3.8) is 0 Å². The molecule has 0 bridgehead atoms. The van der Waals surface area contributed by atoms with Crippen LogP contribution in [0.15, 0.2) is 29.1 Å². The molecule has 3 aromatic heterocycles. The van der Waals surface area contributed by atoms with Gasteiger partial charge in [-0.3, -0.25) is 4.79 Å². The fourth-order valence-electron chi connectivity index (χ4n) is 4.42. The van der Waals surface area contributed by atoms with Crippen LogP contribution < -0.4 is 11.3 Å². The first-order valence-corrected chi connectivity index (χ1v) is 12.1. The number of anilines is 1. The van der Waals surface area contributed by atoms with Crippen LogP contribution in [0.3, 0.4) is 0 Å². The Morgan fingerprint density at radius 2 is 1.94 bits per heavy atom. The minimum atomic E-state index is -0.625. The van der Waals surface area contributed by atoms with Crippen LogP contribution in [-0.2, 0) is 30.7 Å². The molecule has 0 aliphatic heterocycles. The molecule has 9 heteroatoms. The molecule has 0 spiro atoms. The highest BCUT2D eigenvalue weighted by Crippen LogP contribution is 2.37. The summed E-state index contributed by atoms with van der Waals surface area (Å²) < 4.78 is 6.85. The molecule has 0 amide bonds. The van der Waals surface area contributed by atoms with Gasteiger partial charge in [0.05, 0.1) is 10.8 Å². The summed E-state index contributed by atoms with van der Waals surface area (Å²) in [5.41, 5.74) is 7.47. The second-order valence-electron chi connectivity index (χ2n) is 8.27. The summed E-state index contributed by atoms with van der Waals surface area (Å²) in [4.78, 5) is 36.9. The lowest BCUT2D eigenvalue weighted by Crippen LogP contribution is -2.26. The molecule has 1 aliphatic carbocycles. The number of fused-ring (bicyclic) bond motifs is 4. The summed E-state index contributed by atoms with van der Waals surface area (Å²) in [7, 11) is 0. The zero-order valence-corrected chi connectivity index (χ0v) is 19.3. The average molecular weight is 464 g/mol. The second kappa shape index (κ2) is 8.90. The molecule has 0 saturated heterocycles. The van der Waals surface area contributed by atoms with E-state index in [-0.39, 0.29) is 17.9 Å². The molecular weight excluding hydrogens is 438 g/mol. The Labute approximate surface area is 194 Å². The number of carbonyl (C=O) groups is 1. The van der Waals surface area contributed by atoms with E-state index in [1.807, 2.05) is 6.92 Å². The Balaban J connectivity index is 1.44. The summed E-state index contributed by atoms with van der Waals surface area (Å²) in [6.07, 6.45) is 6.33. The molecule has 0 unspecified atom stereocenters. The first-order chi connectivity index (χ1) is 16.1. The van der Waals surface area contributed by atoms with Gasteiger partial charge in [-0.15, -0.1) is 11.3 Å². The number of rotatable bonds is 5. The van der Waals surface area contributed by atoms with Crippen molar-refractivity contribution in [1.82, 2.24) is 19.7 Å². The maximum Gasteiger partial charge on any atom is 0.359 e. The second-order valence-corrected chi connectivity index (χ2v) is 9.35. The van der Waals surface area contributed by atoms with Gasteiger partial charge in [-0.2, -0.15) is 5.10 Å². The maximum atomic E-state index is 13.0. The van der Waals surface area contributed by atoms with Crippen LogP contribution in [0, 0.1) is 0 Å². The molecule has 3 heterocycles. The molecule has 5 rings (SSSR count). The molecule has 8 nitrogen and oxygen atoms in total. The van der Waals surface area contributed by atoms with Gasteiger partial charge in [0.1, 0.15) is 10.6 Å². The number of benzene rings is 1. The third-order valence-corrected chi connectivity index (χ3v) is 7.15. The predicted octanol–water partition coefficient (Wildman–Crippen LogP) is 4.02. The smallest absolute Gasteiger partial charge is 0.359 e. The number of nitrogens with two attached hydrogens (primary N) is 1. The molecule has 33 heavy (non-hydrogen) atoms. The molecule has 0 fully saturated rings. The van der Waals surface area contributed by atoms with Crippen LogP contribution in [0.1, 0.15) is 59.4 Å². The van der Waals surface area contributed by atoms with Crippen molar-refractivity contribution < 1.29 is 9.53 Å². The average Bonchev–Trinajstić information content (AvgIpc) is 3.01. The highest BCUT2D eigenvalue weighted by Gasteiger charge is 2.21. The number of nitrogens with zero attached hydrogens (tertiary/aromatic N) is 4. The number of aryl methyl sites for hydroxylation is 3. The minimum Gasteiger partial charge on any atom is -0.453 e. The van der Waals surface area contributed by atoms with Gasteiger partial charge in [0.25, 0.3) is 5.56 Å². The van der Waals surface area contributed by atoms with E-state index in [2.05, 4.69) is 15.1 Å². The first-order valence-electron chi connectivity index (χ1n) is 11.3. The number of hydrogen-bond acceptors (Lipinski definition) is 8. The van der Waals surface area contributed by atoms with Gasteiger partial charge in [0, 0.05) is 16.8 Å². The molecule has 170 valence electrons. The number of ether oxygens (including phenoxy) is 1. The monoisotopic (exact) mass is 463 g/mol. The van der Waals surface area contributed by atoms with E-state index in [0.29, 0.717) is 29.0 Å². The molecule has 4 aromatic rings. The van der Waals surface area contributed by atoms with Crippen molar-refractivity contribution in [1.29, 1.82) is 0 Å². The van der Waals surface area contributed by atoms with Crippen LogP contribution in [0.4, 0.5) is 5.82 Å². The van der Waals surface area contributed by atoms with E-state index >= 15 is 0 Å². The lowest BCUT2D eigenvalue weighted by molar-refractivity contribution is 0.0455. The number of hydrogen-bond donors (Lipinski definition) is 1. The lowest BCUT2D eigenvalue weighted by atomic mass is 10.1. The summed E-state index contributed by atoms with van der Waals surface area (Å²) in [5, 5.41) is 6.15. The number of aromatic nitrogens is 4. The van der Waals surface area contributed by atoms with Gasteiger partial charge >= 0.3 is 5.97 Å². The van der Waals surface area contributed by atoms with Crippen LogP contribution in [0.2, 0.25) is 0 Å². The number of nitrogen functional groups attached to an aromatic ring is 1. The summed E-state index contributed by atoms with van der Waals surface area (Å²) >= 11 is 1.66. The minimum absolute atomic E-state index is 0.107. The maximum absolute atomic E-state index is 13.0. The predicted molar refractivity (Wildman–Crippen MR) is 128 cm³/mol. The van der Waals surface area contributed by atoms with Gasteiger partial charge in [-0.25, -0.2) is 19.4 Å². The normalized spacial score (nSPS) is 13.7. The fourth-order valence-corrected chi connectivity index (χ4v) is 5.71. The Morgan fingerprint density at radius 3 is 2.76 bits per heavy atom. The van der Waals surface area contributed by atoms with Crippen LogP contribution in [0.25, 0.3) is 21.0 Å². The zero-order chi connectivity index (χ0) is 22.9. The van der Waals surface area contributed by atoms with Crippen molar-refractivity contribution in [3.05, 3.63) is 56.6 Å². The third kappa shape index (κ3) is 3.97. The Morgan fingerprint density at radius 1 is 1.15 bits per heavy atom. The summed E-state index contributed by atoms with van der Waals surface area (Å²) in [6, 6.07) is 6.93. The molecule has 0 atom stereocenters. The molecule has 1 aromatic carbocycles. The molecule has 2 N–H and O–H groups in total. The third-order valence-electron chi connectivity index (χ3n) is 5.97. The standard InChI is InChI=1S/C24H25N5O3S/c1-2-12-29-23(30)15-9-7-6-8-14(15)20(28-29)24(31)32-13-18-26-21(25)19-16-10-4-3-5-11-17(16)33-22(19)27-18/h6-9H,2-5,10-13H2,1H3,(H2,25,26,27). The van der Waals surface area contributed by atoms with E-state index in [1.54, 1.807) is 35.6 Å². The van der Waals surface area contributed by atoms with E-state index < -0.39 is 5.97 Å². The number of carbonyl (C=O) groups excluding carboxylic acids is 1. The zero-order valence-electron chi connectivity index (χ0n) is 18.5. The van der Waals surface area contributed by atoms with Gasteiger partial charge in [0.15, 0.2) is 18.1 Å². The van der Waals surface area contributed by atoms with Gasteiger partial charge in [-0.1, -0.05) is 31.5 Å². The quantitative estimate of drug-likeness (QED) is 0.351. The van der Waals surface area contributed by atoms with E-state index in [0.717, 1.165) is 35.9 Å². The molecule has 0 saturated carbocycles. The molecular formula is C24H25N5O3S. The number of thiophene rings is 1. The van der Waals surface area contributed by atoms with E-state index in [4.69, 9.17) is 10.5 Å². The van der Waals surface area contributed by atoms with Gasteiger partial charge in [-0.05, 0) is 43.7 Å². The first kappa shape index (κ1) is 21.5. The van der Waals surface area contributed by atoms with Crippen molar-refractivity contribution in [2.45, 2.75) is 58.6 Å². The largest absolute Gasteiger partial charge is 0.453 e. The topological polar surface area (TPSA) is 113 Å². The Hall–Kier alpha value is -3.33. The van der Waals surface area contributed by atoms with Crippen molar-refractivity contribution >= 4 is 44.1 Å². The van der Waals surface area contributed by atoms with Gasteiger partial charge < -0.3 is 10.5 Å². The highest BCUT2D eigenvalue weighted by atomic mass is 32.1. The molecule has 1 aliphatic rings. The van der Waals surface area contributed by atoms with Gasteiger partial charge in [0.2, 0.25) is 0 Å². The van der Waals surface area contributed by atoms with Crippen molar-refractivity contribution in [2.24, 2.45) is 0 Å².